The zero-order valence-electron chi connectivity index (χ0n) is 13.4. The molecule has 0 aliphatic rings. The maximum atomic E-state index is 11.3. The molecule has 8 heteroatoms. The smallest absolute Gasteiger partial charge is 0.285 e. The highest BCUT2D eigenvalue weighted by molar-refractivity contribution is 9.10. The van der Waals surface area contributed by atoms with E-state index >= 15 is 0 Å². The number of H-pyrrole nitrogens is 1. The molecule has 26 heavy (non-hydrogen) atoms. The van der Waals surface area contributed by atoms with E-state index in [0.29, 0.717) is 12.3 Å². The first-order chi connectivity index (χ1) is 12.6. The molecule has 0 atom stereocenters. The molecule has 0 unspecified atom stereocenters. The first-order valence-electron chi connectivity index (χ1n) is 7.61. The van der Waals surface area contributed by atoms with Crippen LogP contribution in [-0.2, 0) is 6.61 Å². The van der Waals surface area contributed by atoms with E-state index in [2.05, 4.69) is 36.7 Å². The Morgan fingerprint density at radius 2 is 1.92 bits per heavy atom. The van der Waals surface area contributed by atoms with Crippen molar-refractivity contribution >= 4 is 39.4 Å². The summed E-state index contributed by atoms with van der Waals surface area (Å²) in [5, 5.41) is 9.95. The van der Waals surface area contributed by atoms with Crippen molar-refractivity contribution in [3.05, 3.63) is 85.7 Å². The van der Waals surface area contributed by atoms with Gasteiger partial charge in [0.15, 0.2) is 0 Å². The molecule has 0 bridgehead atoms. The van der Waals surface area contributed by atoms with Crippen molar-refractivity contribution in [2.24, 2.45) is 5.10 Å². The second-order valence-corrected chi connectivity index (χ2v) is 6.57. The Morgan fingerprint density at radius 1 is 1.19 bits per heavy atom. The summed E-state index contributed by atoms with van der Waals surface area (Å²) in [5.74, 6) is 0.764. The number of rotatable bonds is 6. The predicted octanol–water partition coefficient (Wildman–Crippen LogP) is 4.21. The number of hydrogen-bond donors (Lipinski definition) is 2. The van der Waals surface area contributed by atoms with E-state index < -0.39 is 5.56 Å². The fourth-order valence-corrected chi connectivity index (χ4v) is 2.43. The van der Waals surface area contributed by atoms with E-state index in [1.807, 2.05) is 48.5 Å². The minimum atomic E-state index is -0.473. The molecule has 0 aliphatic heterocycles. The number of halogens is 2. The third kappa shape index (κ3) is 4.93. The van der Waals surface area contributed by atoms with Crippen molar-refractivity contribution in [2.45, 2.75) is 6.61 Å². The van der Waals surface area contributed by atoms with E-state index in [9.17, 15) is 4.79 Å². The Morgan fingerprint density at radius 3 is 2.65 bits per heavy atom. The lowest BCUT2D eigenvalue weighted by Gasteiger charge is -2.06. The van der Waals surface area contributed by atoms with E-state index in [0.717, 1.165) is 21.3 Å². The number of nitrogens with zero attached hydrogens (tertiary/aromatic N) is 2. The van der Waals surface area contributed by atoms with Crippen molar-refractivity contribution in [3.8, 4) is 5.75 Å². The van der Waals surface area contributed by atoms with Gasteiger partial charge < -0.3 is 4.74 Å². The summed E-state index contributed by atoms with van der Waals surface area (Å²) in [7, 11) is 0. The molecule has 0 saturated carbocycles. The third-order valence-electron chi connectivity index (χ3n) is 3.39. The van der Waals surface area contributed by atoms with Crippen LogP contribution in [0.4, 0.5) is 5.69 Å². The second kappa shape index (κ2) is 8.64. The summed E-state index contributed by atoms with van der Waals surface area (Å²) in [6, 6.07) is 15.4. The minimum Gasteiger partial charge on any atom is -0.489 e. The number of hydrogen-bond acceptors (Lipinski definition) is 5. The van der Waals surface area contributed by atoms with Crippen LogP contribution in [-0.4, -0.2) is 16.4 Å². The summed E-state index contributed by atoms with van der Waals surface area (Å²) in [6.07, 6.45) is 3.00. The fourth-order valence-electron chi connectivity index (χ4n) is 2.04. The van der Waals surface area contributed by atoms with Crippen molar-refractivity contribution in [1.82, 2.24) is 10.2 Å². The first-order valence-corrected chi connectivity index (χ1v) is 8.78. The van der Waals surface area contributed by atoms with Gasteiger partial charge in [-0.3, -0.25) is 10.2 Å². The zero-order valence-corrected chi connectivity index (χ0v) is 15.8. The molecule has 132 valence electrons. The summed E-state index contributed by atoms with van der Waals surface area (Å²) in [5.41, 5.74) is 4.50. The second-order valence-electron chi connectivity index (χ2n) is 5.28. The normalized spacial score (nSPS) is 10.8. The molecule has 1 heterocycles. The van der Waals surface area contributed by atoms with Crippen LogP contribution in [0.1, 0.15) is 11.1 Å². The molecule has 2 aromatic carbocycles. The number of ether oxygens (including phenoxy) is 1. The molecule has 0 amide bonds. The first kappa shape index (κ1) is 18.2. The lowest BCUT2D eigenvalue weighted by atomic mass is 10.2. The van der Waals surface area contributed by atoms with Gasteiger partial charge in [-0.15, -0.1) is 0 Å². The molecule has 0 saturated heterocycles. The van der Waals surface area contributed by atoms with Gasteiger partial charge in [-0.05, 0) is 47.5 Å². The summed E-state index contributed by atoms with van der Waals surface area (Å²) in [4.78, 5) is 11.3. The van der Waals surface area contributed by atoms with Gasteiger partial charge in [-0.1, -0.05) is 39.7 Å². The van der Waals surface area contributed by atoms with Crippen LogP contribution in [0.2, 0.25) is 5.02 Å². The SMILES string of the molecule is O=c1[nH]ncc(N/N=C/c2ccc(OCc3ccc(Br)cc3)cc2)c1Cl. The van der Waals surface area contributed by atoms with Crippen molar-refractivity contribution in [2.75, 3.05) is 5.43 Å². The fraction of sp³-hybridized carbons (Fsp3) is 0.0556. The highest BCUT2D eigenvalue weighted by Gasteiger charge is 2.03. The largest absolute Gasteiger partial charge is 0.489 e. The van der Waals surface area contributed by atoms with Crippen LogP contribution in [0.25, 0.3) is 0 Å². The quantitative estimate of drug-likeness (QED) is 0.451. The maximum absolute atomic E-state index is 11.3. The average molecular weight is 434 g/mol. The highest BCUT2D eigenvalue weighted by Crippen LogP contribution is 2.16. The van der Waals surface area contributed by atoms with E-state index in [-0.39, 0.29) is 5.02 Å². The Bertz CT molecular complexity index is 956. The van der Waals surface area contributed by atoms with Gasteiger partial charge in [-0.2, -0.15) is 10.2 Å². The molecule has 0 radical (unpaired) electrons. The number of aromatic nitrogens is 2. The molecule has 0 aliphatic carbocycles. The lowest BCUT2D eigenvalue weighted by molar-refractivity contribution is 0.306. The van der Waals surface area contributed by atoms with Gasteiger partial charge in [0.05, 0.1) is 12.4 Å². The molecular weight excluding hydrogens is 420 g/mol. The number of anilines is 1. The zero-order chi connectivity index (χ0) is 18.4. The van der Waals surface area contributed by atoms with Crippen LogP contribution in [0.3, 0.4) is 0 Å². The van der Waals surface area contributed by atoms with Crippen LogP contribution in [0.15, 0.2) is 69.1 Å². The Hall–Kier alpha value is -2.64. The van der Waals surface area contributed by atoms with Gasteiger partial charge in [0.25, 0.3) is 5.56 Å². The van der Waals surface area contributed by atoms with Crippen molar-refractivity contribution in [3.63, 3.8) is 0 Å². The number of benzene rings is 2. The van der Waals surface area contributed by atoms with Crippen LogP contribution in [0.5, 0.6) is 5.75 Å². The van der Waals surface area contributed by atoms with Crippen molar-refractivity contribution in [1.29, 1.82) is 0 Å². The van der Waals surface area contributed by atoms with Crippen LogP contribution >= 0.6 is 27.5 Å². The summed E-state index contributed by atoms with van der Waals surface area (Å²) < 4.78 is 6.79. The summed E-state index contributed by atoms with van der Waals surface area (Å²) in [6.45, 7) is 0.496. The molecular formula is C18H14BrClN4O2. The van der Waals surface area contributed by atoms with Gasteiger partial charge in [-0.25, -0.2) is 5.10 Å². The highest BCUT2D eigenvalue weighted by atomic mass is 79.9. The molecule has 0 fully saturated rings. The van der Waals surface area contributed by atoms with E-state index in [1.165, 1.54) is 6.20 Å². The van der Waals surface area contributed by atoms with Crippen LogP contribution < -0.4 is 15.7 Å². The lowest BCUT2D eigenvalue weighted by Crippen LogP contribution is -2.10. The Balaban J connectivity index is 1.56. The standard InChI is InChI=1S/C18H14BrClN4O2/c19-14-5-1-13(2-6-14)11-26-15-7-3-12(4-8-15)9-21-23-16-10-22-24-18(25)17(16)20/h1-10H,11H2,(H2,23,24,25)/b21-9+. The predicted molar refractivity (Wildman–Crippen MR) is 106 cm³/mol. The number of aromatic amines is 1. The molecule has 3 aromatic rings. The van der Waals surface area contributed by atoms with Crippen molar-refractivity contribution < 1.29 is 4.74 Å². The Labute approximate surface area is 163 Å². The van der Waals surface area contributed by atoms with Gasteiger partial charge >= 0.3 is 0 Å². The van der Waals surface area contributed by atoms with Crippen LogP contribution in [0, 0.1) is 0 Å². The summed E-state index contributed by atoms with van der Waals surface area (Å²) >= 11 is 9.26. The molecule has 0 spiro atoms. The van der Waals surface area contributed by atoms with Gasteiger partial charge in [0.2, 0.25) is 0 Å². The Kier molecular flexibility index (Phi) is 6.04. The third-order valence-corrected chi connectivity index (χ3v) is 4.30. The molecule has 6 nitrogen and oxygen atoms in total. The van der Waals surface area contributed by atoms with E-state index in [1.54, 1.807) is 6.21 Å². The van der Waals surface area contributed by atoms with E-state index in [4.69, 9.17) is 16.3 Å². The molecule has 1 aromatic heterocycles. The molecule has 3 rings (SSSR count). The number of hydrazone groups is 1. The number of nitrogens with one attached hydrogen (secondary N) is 2. The minimum absolute atomic E-state index is 0.00818. The topological polar surface area (TPSA) is 79.4 Å². The molecule has 2 N–H and O–H groups in total. The van der Waals surface area contributed by atoms with Gasteiger partial charge in [0, 0.05) is 4.47 Å². The monoisotopic (exact) mass is 432 g/mol. The maximum Gasteiger partial charge on any atom is 0.285 e. The van der Waals surface area contributed by atoms with Gasteiger partial charge in [0.1, 0.15) is 23.1 Å². The average Bonchev–Trinajstić information content (AvgIpc) is 2.66.